The zero-order chi connectivity index (χ0) is 15.2. The summed E-state index contributed by atoms with van der Waals surface area (Å²) < 4.78 is 0. The zero-order valence-electron chi connectivity index (χ0n) is 11.7. The number of hydrogen-bond donors (Lipinski definition) is 2. The van der Waals surface area contributed by atoms with Gasteiger partial charge in [-0.25, -0.2) is 0 Å². The van der Waals surface area contributed by atoms with Crippen LogP contribution < -0.4 is 11.1 Å². The van der Waals surface area contributed by atoms with E-state index in [2.05, 4.69) is 5.32 Å². The number of rotatable bonds is 5. The van der Waals surface area contributed by atoms with E-state index >= 15 is 0 Å². The Balaban J connectivity index is 1.98. The fourth-order valence-electron chi connectivity index (χ4n) is 2.46. The minimum atomic E-state index is -0.467. The van der Waals surface area contributed by atoms with Crippen LogP contribution in [0, 0.1) is 0 Å². The molecule has 3 amide bonds. The minimum absolute atomic E-state index is 0.102. The molecule has 0 aliphatic carbocycles. The lowest BCUT2D eigenvalue weighted by Crippen LogP contribution is -2.46. The lowest BCUT2D eigenvalue weighted by Gasteiger charge is -2.24. The highest BCUT2D eigenvalue weighted by molar-refractivity contribution is 5.98. The number of likely N-dealkylation sites (tertiary alicyclic amines) is 1. The number of carbonyl (C=O) groups excluding carboxylic acids is 3. The van der Waals surface area contributed by atoms with Crippen LogP contribution in [0.1, 0.15) is 29.6 Å². The van der Waals surface area contributed by atoms with Gasteiger partial charge in [-0.3, -0.25) is 14.4 Å². The van der Waals surface area contributed by atoms with Crippen LogP contribution in [0.15, 0.2) is 30.3 Å². The first kappa shape index (κ1) is 15.0. The molecule has 2 rings (SSSR count). The van der Waals surface area contributed by atoms with Gasteiger partial charge in [-0.15, -0.1) is 0 Å². The Morgan fingerprint density at radius 2 is 1.95 bits per heavy atom. The summed E-state index contributed by atoms with van der Waals surface area (Å²) in [6.07, 6.45) is 1.54. The van der Waals surface area contributed by atoms with Gasteiger partial charge in [0.25, 0.3) is 5.91 Å². The predicted molar refractivity (Wildman–Crippen MR) is 77.3 cm³/mol. The molecule has 1 fully saturated rings. The summed E-state index contributed by atoms with van der Waals surface area (Å²) in [5.41, 5.74) is 5.61. The van der Waals surface area contributed by atoms with Crippen molar-refractivity contribution < 1.29 is 14.4 Å². The first-order valence-electron chi connectivity index (χ1n) is 7.01. The third-order valence-electron chi connectivity index (χ3n) is 3.51. The van der Waals surface area contributed by atoms with E-state index in [1.165, 1.54) is 0 Å². The molecule has 21 heavy (non-hydrogen) atoms. The van der Waals surface area contributed by atoms with Gasteiger partial charge >= 0.3 is 0 Å². The number of hydrogen-bond acceptors (Lipinski definition) is 3. The summed E-state index contributed by atoms with van der Waals surface area (Å²) in [6, 6.07) is 8.45. The largest absolute Gasteiger partial charge is 0.370 e. The van der Waals surface area contributed by atoms with Gasteiger partial charge in [0.05, 0.1) is 0 Å². The number of nitrogens with one attached hydrogen (secondary N) is 1. The molecule has 0 saturated carbocycles. The SMILES string of the molecule is NC(=O)CCNC(=O)[C@@H]1CCCN1C(=O)c1ccccc1. The van der Waals surface area contributed by atoms with Gasteiger partial charge in [0.15, 0.2) is 0 Å². The minimum Gasteiger partial charge on any atom is -0.370 e. The summed E-state index contributed by atoms with van der Waals surface area (Å²) in [6.45, 7) is 0.777. The number of amides is 3. The van der Waals surface area contributed by atoms with Gasteiger partial charge in [0.2, 0.25) is 11.8 Å². The van der Waals surface area contributed by atoms with E-state index in [9.17, 15) is 14.4 Å². The average molecular weight is 289 g/mol. The molecular formula is C15H19N3O3. The van der Waals surface area contributed by atoms with Crippen molar-refractivity contribution in [2.45, 2.75) is 25.3 Å². The lowest BCUT2D eigenvalue weighted by molar-refractivity contribution is -0.125. The highest BCUT2D eigenvalue weighted by Gasteiger charge is 2.34. The molecule has 0 bridgehead atoms. The number of benzene rings is 1. The Morgan fingerprint density at radius 1 is 1.24 bits per heavy atom. The molecule has 1 saturated heterocycles. The predicted octanol–water partition coefficient (Wildman–Crippen LogP) is 0.283. The first-order chi connectivity index (χ1) is 10.1. The van der Waals surface area contributed by atoms with Crippen molar-refractivity contribution in [1.29, 1.82) is 0 Å². The summed E-state index contributed by atoms with van der Waals surface area (Å²) in [5, 5.41) is 2.66. The van der Waals surface area contributed by atoms with Crippen LogP contribution in [-0.4, -0.2) is 41.8 Å². The molecule has 112 valence electrons. The van der Waals surface area contributed by atoms with Gasteiger partial charge in [0, 0.05) is 25.1 Å². The van der Waals surface area contributed by atoms with E-state index in [-0.39, 0.29) is 24.8 Å². The van der Waals surface area contributed by atoms with Crippen molar-refractivity contribution in [3.05, 3.63) is 35.9 Å². The van der Waals surface area contributed by atoms with Crippen molar-refractivity contribution in [3.63, 3.8) is 0 Å². The molecule has 0 spiro atoms. The quantitative estimate of drug-likeness (QED) is 0.815. The summed E-state index contributed by atoms with van der Waals surface area (Å²) in [5.74, 6) is -0.819. The molecule has 3 N–H and O–H groups in total. The van der Waals surface area contributed by atoms with Crippen LogP contribution in [0.4, 0.5) is 0 Å². The van der Waals surface area contributed by atoms with Crippen LogP contribution in [0.3, 0.4) is 0 Å². The van der Waals surface area contributed by atoms with E-state index < -0.39 is 11.9 Å². The van der Waals surface area contributed by atoms with Gasteiger partial charge < -0.3 is 16.0 Å². The van der Waals surface area contributed by atoms with Crippen LogP contribution >= 0.6 is 0 Å². The summed E-state index contributed by atoms with van der Waals surface area (Å²) in [4.78, 5) is 36.8. The molecule has 1 aliphatic heterocycles. The van der Waals surface area contributed by atoms with Gasteiger partial charge in [-0.05, 0) is 25.0 Å². The van der Waals surface area contributed by atoms with Crippen molar-refractivity contribution in [2.24, 2.45) is 5.73 Å². The maximum atomic E-state index is 12.4. The van der Waals surface area contributed by atoms with Crippen molar-refractivity contribution in [3.8, 4) is 0 Å². The second kappa shape index (κ2) is 6.88. The topological polar surface area (TPSA) is 92.5 Å². The molecule has 1 aliphatic rings. The third-order valence-corrected chi connectivity index (χ3v) is 3.51. The maximum absolute atomic E-state index is 12.4. The smallest absolute Gasteiger partial charge is 0.254 e. The fourth-order valence-corrected chi connectivity index (χ4v) is 2.46. The summed E-state index contributed by atoms with van der Waals surface area (Å²) in [7, 11) is 0. The Kier molecular flexibility index (Phi) is 4.92. The van der Waals surface area contributed by atoms with E-state index in [1.807, 2.05) is 6.07 Å². The van der Waals surface area contributed by atoms with Crippen molar-refractivity contribution >= 4 is 17.7 Å². The molecule has 1 aromatic carbocycles. The molecule has 1 atom stereocenters. The molecule has 1 heterocycles. The lowest BCUT2D eigenvalue weighted by atomic mass is 10.1. The standard InChI is InChI=1S/C15H19N3O3/c16-13(19)8-9-17-14(20)12-7-4-10-18(12)15(21)11-5-2-1-3-6-11/h1-3,5-6,12H,4,7-10H2,(H2,16,19)(H,17,20)/t12-/m0/s1. The van der Waals surface area contributed by atoms with Crippen LogP contribution in [0.5, 0.6) is 0 Å². The average Bonchev–Trinajstić information content (AvgIpc) is 2.96. The highest BCUT2D eigenvalue weighted by Crippen LogP contribution is 2.20. The summed E-state index contributed by atoms with van der Waals surface area (Å²) >= 11 is 0. The Labute approximate surface area is 123 Å². The highest BCUT2D eigenvalue weighted by atomic mass is 16.2. The molecule has 6 nitrogen and oxygen atoms in total. The number of carbonyl (C=O) groups is 3. The maximum Gasteiger partial charge on any atom is 0.254 e. The van der Waals surface area contributed by atoms with E-state index in [1.54, 1.807) is 29.2 Å². The van der Waals surface area contributed by atoms with Crippen molar-refractivity contribution in [1.82, 2.24) is 10.2 Å². The molecule has 1 aromatic rings. The van der Waals surface area contributed by atoms with Crippen LogP contribution in [-0.2, 0) is 9.59 Å². The monoisotopic (exact) mass is 289 g/mol. The molecule has 0 aromatic heterocycles. The van der Waals surface area contributed by atoms with Crippen LogP contribution in [0.25, 0.3) is 0 Å². The number of nitrogens with zero attached hydrogens (tertiary/aromatic N) is 1. The van der Waals surface area contributed by atoms with Crippen LogP contribution in [0.2, 0.25) is 0 Å². The zero-order valence-corrected chi connectivity index (χ0v) is 11.7. The molecule has 0 radical (unpaired) electrons. The molecule has 0 unspecified atom stereocenters. The Morgan fingerprint density at radius 3 is 2.62 bits per heavy atom. The van der Waals surface area contributed by atoms with E-state index in [0.29, 0.717) is 18.5 Å². The number of primary amides is 1. The Hall–Kier alpha value is -2.37. The number of nitrogens with two attached hydrogens (primary N) is 1. The second-order valence-corrected chi connectivity index (χ2v) is 5.03. The van der Waals surface area contributed by atoms with Gasteiger partial charge in [-0.2, -0.15) is 0 Å². The molecule has 6 heteroatoms. The second-order valence-electron chi connectivity index (χ2n) is 5.03. The van der Waals surface area contributed by atoms with Crippen molar-refractivity contribution in [2.75, 3.05) is 13.1 Å². The third kappa shape index (κ3) is 3.81. The Bertz CT molecular complexity index is 530. The van der Waals surface area contributed by atoms with E-state index in [4.69, 9.17) is 5.73 Å². The molecular weight excluding hydrogens is 270 g/mol. The first-order valence-corrected chi connectivity index (χ1v) is 7.01. The normalized spacial score (nSPS) is 17.5. The van der Waals surface area contributed by atoms with Gasteiger partial charge in [0.1, 0.15) is 6.04 Å². The van der Waals surface area contributed by atoms with Gasteiger partial charge in [-0.1, -0.05) is 18.2 Å². The van der Waals surface area contributed by atoms with E-state index in [0.717, 1.165) is 6.42 Å². The fraction of sp³-hybridized carbons (Fsp3) is 0.400.